The van der Waals surface area contributed by atoms with Crippen molar-refractivity contribution in [2.24, 2.45) is 29.6 Å². The van der Waals surface area contributed by atoms with Crippen molar-refractivity contribution >= 4 is 46.8 Å². The number of esters is 1. The van der Waals surface area contributed by atoms with Gasteiger partial charge in [-0.2, -0.15) is 11.8 Å². The Hall–Kier alpha value is -3.09. The summed E-state index contributed by atoms with van der Waals surface area (Å²) in [5.41, 5.74) is -2.54. The molecule has 11 nitrogen and oxygen atoms in total. The highest BCUT2D eigenvalue weighted by molar-refractivity contribution is 7.99. The largest absolute Gasteiger partial charge is 0.507 e. The zero-order valence-electron chi connectivity index (χ0n) is 27.8. The fourth-order valence-corrected chi connectivity index (χ4v) is 10.7. The molecule has 1 aromatic rings. The van der Waals surface area contributed by atoms with E-state index in [2.05, 4.69) is 5.32 Å². The van der Waals surface area contributed by atoms with Crippen molar-refractivity contribution in [3.63, 3.8) is 0 Å². The number of benzene rings is 1. The normalized spacial score (nSPS) is 33.8. The van der Waals surface area contributed by atoms with Crippen LogP contribution in [-0.4, -0.2) is 99.5 Å². The van der Waals surface area contributed by atoms with Crippen molar-refractivity contribution in [2.75, 3.05) is 26.4 Å². The molecule has 3 N–H and O–H groups in total. The summed E-state index contributed by atoms with van der Waals surface area (Å²) in [5.74, 6) is -12.1. The highest BCUT2D eigenvalue weighted by atomic mass is 32.2. The molecule has 8 atom stereocenters. The second-order valence-electron chi connectivity index (χ2n) is 14.5. The first-order valence-electron chi connectivity index (χ1n) is 17.4. The smallest absolute Gasteiger partial charge is 0.305 e. The summed E-state index contributed by atoms with van der Waals surface area (Å²) in [5, 5.41) is 26.5. The Morgan fingerprint density at radius 1 is 1.02 bits per heavy atom. The van der Waals surface area contributed by atoms with Gasteiger partial charge in [0.25, 0.3) is 0 Å². The second-order valence-corrected chi connectivity index (χ2v) is 15.8. The van der Waals surface area contributed by atoms with Gasteiger partial charge in [-0.25, -0.2) is 0 Å². The summed E-state index contributed by atoms with van der Waals surface area (Å²) in [7, 11) is 3.10. The average molecular weight is 683 g/mol. The number of fused-ring (bicyclic) bond motifs is 3. The molecule has 0 aliphatic heterocycles. The van der Waals surface area contributed by atoms with E-state index < -0.39 is 82.3 Å². The number of nitrogens with one attached hydrogen (secondary N) is 1. The topological polar surface area (TPSA) is 167 Å². The Kier molecular flexibility index (Phi) is 9.90. The number of aliphatic hydroxyl groups is 1. The van der Waals surface area contributed by atoms with Gasteiger partial charge in [-0.1, -0.05) is 44.7 Å². The molecule has 4 fully saturated rings. The van der Waals surface area contributed by atoms with Crippen molar-refractivity contribution in [1.29, 1.82) is 0 Å². The Morgan fingerprint density at radius 3 is 2.33 bits per heavy atom. The molecule has 1 aromatic carbocycles. The van der Waals surface area contributed by atoms with Gasteiger partial charge in [-0.05, 0) is 57.3 Å². The lowest BCUT2D eigenvalue weighted by Gasteiger charge is -2.57. The quantitative estimate of drug-likeness (QED) is 0.259. The SMILES string of the molecule is CCC(=O)O[C@@H]1[C@@H]2C(C(=O)c3c(O)cccc3[C@H]2CSC2CCCC2)C(=O)[C@@]2(O)C(=O)C(C(=O)NCC3CCCC3)C(=O)[C@H](N(C)C)[C@@H]12. The summed E-state index contributed by atoms with van der Waals surface area (Å²) >= 11 is 1.70. The van der Waals surface area contributed by atoms with Gasteiger partial charge in [0.15, 0.2) is 34.7 Å². The van der Waals surface area contributed by atoms with E-state index in [1.165, 1.54) is 11.0 Å². The van der Waals surface area contributed by atoms with Crippen LogP contribution in [0.4, 0.5) is 0 Å². The number of thioether (sulfide) groups is 1. The number of phenols is 1. The number of aromatic hydroxyl groups is 1. The van der Waals surface area contributed by atoms with Crippen molar-refractivity contribution in [3.8, 4) is 5.75 Å². The summed E-state index contributed by atoms with van der Waals surface area (Å²) in [6.45, 7) is 1.84. The average Bonchev–Trinajstić information content (AvgIpc) is 3.78. The van der Waals surface area contributed by atoms with E-state index in [0.29, 0.717) is 16.6 Å². The lowest BCUT2D eigenvalue weighted by atomic mass is 9.49. The first-order valence-corrected chi connectivity index (χ1v) is 18.4. The van der Waals surface area contributed by atoms with Gasteiger partial charge in [0.2, 0.25) is 5.91 Å². The molecule has 0 aromatic heterocycles. The van der Waals surface area contributed by atoms with Crippen LogP contribution in [-0.2, 0) is 28.7 Å². The first-order chi connectivity index (χ1) is 22.9. The van der Waals surface area contributed by atoms with Crippen LogP contribution in [0.25, 0.3) is 0 Å². The number of phenolic OH excluding ortho intramolecular Hbond substituents is 1. The Balaban J connectivity index is 1.48. The Labute approximate surface area is 284 Å². The van der Waals surface area contributed by atoms with Crippen molar-refractivity contribution in [3.05, 3.63) is 29.3 Å². The summed E-state index contributed by atoms with van der Waals surface area (Å²) in [6, 6.07) is 3.33. The van der Waals surface area contributed by atoms with Crippen LogP contribution in [0.3, 0.4) is 0 Å². The molecule has 260 valence electrons. The van der Waals surface area contributed by atoms with E-state index in [4.69, 9.17) is 4.74 Å². The molecule has 0 bridgehead atoms. The van der Waals surface area contributed by atoms with E-state index in [1.54, 1.807) is 44.9 Å². The molecule has 2 unspecified atom stereocenters. The van der Waals surface area contributed by atoms with Crippen LogP contribution in [0.15, 0.2) is 18.2 Å². The maximum absolute atomic E-state index is 14.8. The predicted octanol–water partition coefficient (Wildman–Crippen LogP) is 2.84. The van der Waals surface area contributed by atoms with Gasteiger partial charge in [0.05, 0.1) is 23.4 Å². The molecule has 0 spiro atoms. The molecule has 0 heterocycles. The number of nitrogens with zero attached hydrogens (tertiary/aromatic N) is 1. The van der Waals surface area contributed by atoms with Gasteiger partial charge in [-0.15, -0.1) is 0 Å². The molecule has 12 heteroatoms. The number of carbonyl (C=O) groups is 6. The van der Waals surface area contributed by atoms with Crippen molar-refractivity contribution in [1.82, 2.24) is 10.2 Å². The third kappa shape index (κ3) is 5.71. The van der Waals surface area contributed by atoms with Crippen LogP contribution in [0.5, 0.6) is 5.75 Å². The molecule has 4 saturated carbocycles. The van der Waals surface area contributed by atoms with Gasteiger partial charge < -0.3 is 20.3 Å². The number of likely N-dealkylation sites (N-methyl/N-ethyl adjacent to an activating group) is 1. The number of hydrogen-bond donors (Lipinski definition) is 3. The fraction of sp³-hybridized carbons (Fsp3) is 0.667. The fourth-order valence-electron chi connectivity index (χ4n) is 9.15. The van der Waals surface area contributed by atoms with Crippen LogP contribution < -0.4 is 5.32 Å². The number of carbonyl (C=O) groups excluding carboxylic acids is 6. The minimum Gasteiger partial charge on any atom is -0.507 e. The van der Waals surface area contributed by atoms with Crippen LogP contribution in [0.1, 0.15) is 86.6 Å². The minimum absolute atomic E-state index is 0.0545. The number of hydrogen-bond acceptors (Lipinski definition) is 11. The van der Waals surface area contributed by atoms with E-state index in [1.807, 2.05) is 0 Å². The maximum atomic E-state index is 14.8. The number of rotatable bonds is 9. The summed E-state index contributed by atoms with van der Waals surface area (Å²) in [6.07, 6.45) is 6.61. The van der Waals surface area contributed by atoms with Gasteiger partial charge in [0, 0.05) is 35.8 Å². The minimum atomic E-state index is -2.99. The van der Waals surface area contributed by atoms with Gasteiger partial charge >= 0.3 is 5.97 Å². The maximum Gasteiger partial charge on any atom is 0.305 e. The Morgan fingerprint density at radius 2 is 1.69 bits per heavy atom. The number of amides is 1. The third-order valence-corrected chi connectivity index (χ3v) is 13.0. The molecular weight excluding hydrogens is 636 g/mol. The molecule has 6 rings (SSSR count). The number of ketones is 4. The molecule has 5 aliphatic rings. The molecule has 1 amide bonds. The second kappa shape index (κ2) is 13.7. The zero-order chi connectivity index (χ0) is 34.5. The molecule has 48 heavy (non-hydrogen) atoms. The van der Waals surface area contributed by atoms with Crippen molar-refractivity contribution in [2.45, 2.75) is 93.6 Å². The van der Waals surface area contributed by atoms with Crippen molar-refractivity contribution < 1.29 is 43.7 Å². The van der Waals surface area contributed by atoms with E-state index in [0.717, 1.165) is 51.4 Å². The van der Waals surface area contributed by atoms with E-state index in [-0.39, 0.29) is 30.2 Å². The number of Topliss-reactive ketones (excluding diaryl/α,β-unsaturated/α-hetero) is 4. The van der Waals surface area contributed by atoms with Gasteiger partial charge in [0.1, 0.15) is 11.9 Å². The Bertz CT molecular complexity index is 1500. The highest BCUT2D eigenvalue weighted by Crippen LogP contribution is 2.56. The summed E-state index contributed by atoms with van der Waals surface area (Å²) < 4.78 is 6.07. The van der Waals surface area contributed by atoms with Crippen LogP contribution in [0, 0.1) is 29.6 Å². The molecule has 5 aliphatic carbocycles. The molecule has 0 radical (unpaired) electrons. The molecular formula is C36H46N2O9S. The van der Waals surface area contributed by atoms with E-state index in [9.17, 15) is 39.0 Å². The zero-order valence-corrected chi connectivity index (χ0v) is 28.6. The summed E-state index contributed by atoms with van der Waals surface area (Å²) in [4.78, 5) is 86.0. The first kappa shape index (κ1) is 34.8. The standard InChI is InChI=1S/C36H46N2O9S/c1-4-23(40)47-32-25-21(17-48-19-12-7-8-13-19)20-14-9-15-22(39)24(20)30(41)26(25)33(43)36(46)28(32)29(38(2)3)31(42)27(34(36)44)35(45)37-16-18-10-5-6-11-18/h9,14-15,18-19,21,25-29,32,39,46H,4-8,10-13,16-17H2,1-3H3,(H,37,45)/t21-,25+,26?,27?,28+,29-,32-,36-/m1/s1. The van der Waals surface area contributed by atoms with Crippen LogP contribution >= 0.6 is 11.8 Å². The number of ether oxygens (including phenoxy) is 1. The van der Waals surface area contributed by atoms with Crippen LogP contribution in [0.2, 0.25) is 0 Å². The predicted molar refractivity (Wildman–Crippen MR) is 176 cm³/mol. The third-order valence-electron chi connectivity index (χ3n) is 11.5. The highest BCUT2D eigenvalue weighted by Gasteiger charge is 2.74. The van der Waals surface area contributed by atoms with Gasteiger partial charge in [-0.3, -0.25) is 33.7 Å². The monoisotopic (exact) mass is 682 g/mol. The lowest BCUT2D eigenvalue weighted by molar-refractivity contribution is -0.205. The lowest BCUT2D eigenvalue weighted by Crippen LogP contribution is -2.78. The van der Waals surface area contributed by atoms with E-state index >= 15 is 0 Å². The molecule has 0 saturated heterocycles.